The number of thiazole rings is 1. The molecule has 1 unspecified atom stereocenters. The van der Waals surface area contributed by atoms with Gasteiger partial charge in [0.05, 0.1) is 15.6 Å². The molecule has 2 aliphatic rings. The summed E-state index contributed by atoms with van der Waals surface area (Å²) < 4.78 is 20.2. The highest BCUT2D eigenvalue weighted by molar-refractivity contribution is 7.15. The minimum absolute atomic E-state index is 0.0311. The molecule has 2 aliphatic heterocycles. The second-order valence-electron chi connectivity index (χ2n) is 8.35. The average molecular weight is 456 g/mol. The third-order valence-electron chi connectivity index (χ3n) is 6.10. The lowest BCUT2D eigenvalue weighted by Gasteiger charge is -2.26. The summed E-state index contributed by atoms with van der Waals surface area (Å²) >= 11 is 1.39. The maximum atomic E-state index is 14.8. The van der Waals surface area contributed by atoms with E-state index >= 15 is 0 Å². The van der Waals surface area contributed by atoms with Crippen LogP contribution in [0.25, 0.3) is 21.7 Å². The monoisotopic (exact) mass is 455 g/mol. The summed E-state index contributed by atoms with van der Waals surface area (Å²) in [5.41, 5.74) is 1.10. The van der Waals surface area contributed by atoms with Crippen molar-refractivity contribution >= 4 is 17.2 Å². The van der Waals surface area contributed by atoms with Crippen molar-refractivity contribution in [2.75, 3.05) is 31.2 Å². The number of aromatic nitrogens is 3. The Hall–Kier alpha value is -2.62. The van der Waals surface area contributed by atoms with Crippen molar-refractivity contribution in [1.29, 1.82) is 0 Å². The molecule has 0 radical (unpaired) electrons. The summed E-state index contributed by atoms with van der Waals surface area (Å²) in [5.74, 6) is 0.340. The summed E-state index contributed by atoms with van der Waals surface area (Å²) in [6.45, 7) is 5.33. The van der Waals surface area contributed by atoms with Gasteiger partial charge in [-0.25, -0.2) is 9.37 Å². The third kappa shape index (κ3) is 4.46. The van der Waals surface area contributed by atoms with Gasteiger partial charge < -0.3 is 20.1 Å². The Morgan fingerprint density at radius 2 is 1.97 bits per heavy atom. The fraction of sp³-hybridized carbons (Fsp3) is 0.435. The van der Waals surface area contributed by atoms with Gasteiger partial charge in [-0.1, -0.05) is 0 Å². The van der Waals surface area contributed by atoms with Gasteiger partial charge in [0.15, 0.2) is 5.82 Å². The number of ether oxygens (including phenoxy) is 1. The SMILES string of the molecule is Cc1ncc(-c2cc(O)c(-c3ccc(N4CCC(NC5CCOCC5)C4)nn3)cc2F)s1. The molecule has 0 bridgehead atoms. The number of benzene rings is 1. The number of phenolic OH excluding ortho intramolecular Hbond substituents is 1. The highest BCUT2D eigenvalue weighted by Crippen LogP contribution is 2.36. The molecule has 32 heavy (non-hydrogen) atoms. The van der Waals surface area contributed by atoms with Gasteiger partial charge in [0.25, 0.3) is 0 Å². The number of hydrogen-bond acceptors (Lipinski definition) is 8. The predicted molar refractivity (Wildman–Crippen MR) is 123 cm³/mol. The Kier molecular flexibility index (Phi) is 6.03. The fourth-order valence-electron chi connectivity index (χ4n) is 4.38. The van der Waals surface area contributed by atoms with Gasteiger partial charge in [-0.05, 0) is 50.5 Å². The zero-order chi connectivity index (χ0) is 22.1. The molecule has 3 aromatic rings. The van der Waals surface area contributed by atoms with Crippen molar-refractivity contribution in [3.63, 3.8) is 0 Å². The molecule has 168 valence electrons. The molecule has 1 aromatic carbocycles. The van der Waals surface area contributed by atoms with Gasteiger partial charge in [-0.15, -0.1) is 21.5 Å². The third-order valence-corrected chi connectivity index (χ3v) is 7.05. The molecule has 2 saturated heterocycles. The molecule has 2 N–H and O–H groups in total. The van der Waals surface area contributed by atoms with E-state index in [9.17, 15) is 9.50 Å². The molecule has 7 nitrogen and oxygen atoms in total. The molecule has 9 heteroatoms. The zero-order valence-electron chi connectivity index (χ0n) is 17.9. The lowest BCUT2D eigenvalue weighted by atomic mass is 10.1. The summed E-state index contributed by atoms with van der Waals surface area (Å²) in [6, 6.07) is 7.37. The van der Waals surface area contributed by atoms with E-state index in [1.54, 1.807) is 12.3 Å². The van der Waals surface area contributed by atoms with E-state index in [1.165, 1.54) is 23.5 Å². The predicted octanol–water partition coefficient (Wildman–Crippen LogP) is 3.77. The molecule has 0 aliphatic carbocycles. The van der Waals surface area contributed by atoms with Crippen molar-refractivity contribution in [2.24, 2.45) is 0 Å². The van der Waals surface area contributed by atoms with E-state index in [1.807, 2.05) is 13.0 Å². The van der Waals surface area contributed by atoms with E-state index in [2.05, 4.69) is 25.4 Å². The lowest BCUT2D eigenvalue weighted by Crippen LogP contribution is -2.43. The van der Waals surface area contributed by atoms with Crippen molar-refractivity contribution in [2.45, 2.75) is 38.3 Å². The normalized spacial score (nSPS) is 19.6. The molecule has 2 fully saturated rings. The number of nitrogens with zero attached hydrogens (tertiary/aromatic N) is 4. The molecule has 2 aromatic heterocycles. The van der Waals surface area contributed by atoms with Gasteiger partial charge in [-0.3, -0.25) is 0 Å². The second kappa shape index (κ2) is 9.09. The highest BCUT2D eigenvalue weighted by atomic mass is 32.1. The molecule has 0 amide bonds. The van der Waals surface area contributed by atoms with Gasteiger partial charge in [0.2, 0.25) is 0 Å². The summed E-state index contributed by atoms with van der Waals surface area (Å²) in [6.07, 6.45) is 4.80. The van der Waals surface area contributed by atoms with Gasteiger partial charge in [-0.2, -0.15) is 0 Å². The fourth-order valence-corrected chi connectivity index (χ4v) is 5.18. The van der Waals surface area contributed by atoms with Crippen LogP contribution in [-0.4, -0.2) is 58.7 Å². The minimum atomic E-state index is -0.422. The number of hydrogen-bond donors (Lipinski definition) is 2. The zero-order valence-corrected chi connectivity index (χ0v) is 18.7. The lowest BCUT2D eigenvalue weighted by molar-refractivity contribution is 0.0755. The smallest absolute Gasteiger partial charge is 0.151 e. The van der Waals surface area contributed by atoms with Crippen LogP contribution < -0.4 is 10.2 Å². The van der Waals surface area contributed by atoms with Crippen LogP contribution in [0.2, 0.25) is 0 Å². The molecule has 0 spiro atoms. The summed E-state index contributed by atoms with van der Waals surface area (Å²) in [4.78, 5) is 7.06. The highest BCUT2D eigenvalue weighted by Gasteiger charge is 2.26. The maximum absolute atomic E-state index is 14.8. The number of halogens is 1. The van der Waals surface area contributed by atoms with Crippen LogP contribution in [0.3, 0.4) is 0 Å². The van der Waals surface area contributed by atoms with Crippen LogP contribution in [0, 0.1) is 12.7 Å². The Morgan fingerprint density at radius 3 is 2.69 bits per heavy atom. The van der Waals surface area contributed by atoms with E-state index in [0.29, 0.717) is 33.8 Å². The molecular weight excluding hydrogens is 429 g/mol. The van der Waals surface area contributed by atoms with Crippen molar-refractivity contribution in [1.82, 2.24) is 20.5 Å². The Bertz CT molecular complexity index is 1080. The van der Waals surface area contributed by atoms with E-state index in [4.69, 9.17) is 4.74 Å². The van der Waals surface area contributed by atoms with Crippen LogP contribution in [0.1, 0.15) is 24.3 Å². The first kappa shape index (κ1) is 21.2. The maximum Gasteiger partial charge on any atom is 0.151 e. The summed E-state index contributed by atoms with van der Waals surface area (Å²) in [7, 11) is 0. The van der Waals surface area contributed by atoms with Crippen LogP contribution in [-0.2, 0) is 4.74 Å². The first-order chi connectivity index (χ1) is 15.6. The molecule has 4 heterocycles. The Balaban J connectivity index is 1.28. The number of aryl methyl sites for hydroxylation is 1. The number of phenols is 1. The first-order valence-corrected chi connectivity index (χ1v) is 11.8. The van der Waals surface area contributed by atoms with Crippen LogP contribution in [0.5, 0.6) is 5.75 Å². The average Bonchev–Trinajstić information content (AvgIpc) is 3.45. The van der Waals surface area contributed by atoms with Crippen LogP contribution in [0.15, 0.2) is 30.5 Å². The Labute approximate surface area is 190 Å². The Morgan fingerprint density at radius 1 is 1.12 bits per heavy atom. The van der Waals surface area contributed by atoms with Gasteiger partial charge >= 0.3 is 0 Å². The van der Waals surface area contributed by atoms with E-state index in [0.717, 1.165) is 56.4 Å². The van der Waals surface area contributed by atoms with Crippen molar-refractivity contribution in [3.8, 4) is 27.4 Å². The molecule has 0 saturated carbocycles. The summed E-state index contributed by atoms with van der Waals surface area (Å²) in [5, 5.41) is 23.8. The first-order valence-electron chi connectivity index (χ1n) is 10.9. The number of rotatable bonds is 5. The van der Waals surface area contributed by atoms with Crippen molar-refractivity contribution < 1.29 is 14.2 Å². The van der Waals surface area contributed by atoms with E-state index < -0.39 is 5.82 Å². The quantitative estimate of drug-likeness (QED) is 0.606. The molecule has 1 atom stereocenters. The topological polar surface area (TPSA) is 83.4 Å². The van der Waals surface area contributed by atoms with Gasteiger partial charge in [0, 0.05) is 55.7 Å². The standard InChI is InChI=1S/C23H26FN5O2S/c1-14-25-12-22(32-14)17-11-21(30)18(10-19(17)24)20-2-3-23(28-27-20)29-7-4-16(13-29)26-15-5-8-31-9-6-15/h2-3,10-12,15-16,26,30H,4-9,13H2,1H3. The molecule has 5 rings (SSSR count). The van der Waals surface area contributed by atoms with Crippen molar-refractivity contribution in [3.05, 3.63) is 41.3 Å². The second-order valence-corrected chi connectivity index (χ2v) is 9.59. The molecular formula is C23H26FN5O2S. The van der Waals surface area contributed by atoms with Crippen LogP contribution in [0.4, 0.5) is 10.2 Å². The van der Waals surface area contributed by atoms with E-state index in [-0.39, 0.29) is 5.75 Å². The number of anilines is 1. The largest absolute Gasteiger partial charge is 0.507 e. The van der Waals surface area contributed by atoms with Crippen LogP contribution >= 0.6 is 11.3 Å². The number of aromatic hydroxyl groups is 1. The minimum Gasteiger partial charge on any atom is -0.507 e. The number of nitrogens with one attached hydrogen (secondary N) is 1. The van der Waals surface area contributed by atoms with Gasteiger partial charge in [0.1, 0.15) is 11.6 Å².